The van der Waals surface area contributed by atoms with Crippen molar-refractivity contribution in [3.05, 3.63) is 40.0 Å². The van der Waals surface area contributed by atoms with E-state index >= 15 is 0 Å². The van der Waals surface area contributed by atoms with Gasteiger partial charge in [0.1, 0.15) is 5.00 Å². The van der Waals surface area contributed by atoms with Crippen LogP contribution < -0.4 is 5.11 Å². The zero-order chi connectivity index (χ0) is 13.4. The molecule has 0 saturated carbocycles. The van der Waals surface area contributed by atoms with Gasteiger partial charge in [-0.2, -0.15) is 0 Å². The van der Waals surface area contributed by atoms with Crippen LogP contribution in [0.2, 0.25) is 0 Å². The number of carboxylic acids is 1. The average molecular weight is 274 g/mol. The highest BCUT2D eigenvalue weighted by atomic mass is 32.1. The van der Waals surface area contributed by atoms with Gasteiger partial charge in [-0.05, 0) is 43.4 Å². The summed E-state index contributed by atoms with van der Waals surface area (Å²) in [5, 5.41) is 12.0. The Morgan fingerprint density at radius 2 is 2.16 bits per heavy atom. The highest BCUT2D eigenvalue weighted by molar-refractivity contribution is 7.15. The van der Waals surface area contributed by atoms with E-state index in [9.17, 15) is 14.7 Å². The number of aromatic nitrogens is 1. The number of hydrogen-bond acceptors (Lipinski definition) is 4. The summed E-state index contributed by atoms with van der Waals surface area (Å²) in [4.78, 5) is 23.6. The molecular weight excluding hydrogens is 262 g/mol. The summed E-state index contributed by atoms with van der Waals surface area (Å²) in [6.45, 7) is 0. The molecule has 0 N–H and O–H groups in total. The Morgan fingerprint density at radius 3 is 2.89 bits per heavy atom. The third-order valence-corrected chi connectivity index (χ3v) is 4.77. The van der Waals surface area contributed by atoms with Crippen LogP contribution in [0.3, 0.4) is 0 Å². The number of thiophene rings is 1. The van der Waals surface area contributed by atoms with Crippen molar-refractivity contribution < 1.29 is 14.7 Å². The largest absolute Gasteiger partial charge is 0.545 e. The van der Waals surface area contributed by atoms with Gasteiger partial charge in [0.2, 0.25) is 0 Å². The summed E-state index contributed by atoms with van der Waals surface area (Å²) >= 11 is 1.46. The molecule has 0 unspecified atom stereocenters. The highest BCUT2D eigenvalue weighted by Crippen LogP contribution is 2.36. The van der Waals surface area contributed by atoms with E-state index in [0.29, 0.717) is 10.7 Å². The lowest BCUT2D eigenvalue weighted by molar-refractivity contribution is -0.255. The normalized spacial score (nSPS) is 14.1. The molecule has 0 fully saturated rings. The highest BCUT2D eigenvalue weighted by Gasteiger charge is 2.22. The van der Waals surface area contributed by atoms with Crippen molar-refractivity contribution in [2.24, 2.45) is 0 Å². The maximum Gasteiger partial charge on any atom is 0.166 e. The fourth-order valence-corrected chi connectivity index (χ4v) is 3.99. The molecule has 0 saturated heterocycles. The Morgan fingerprint density at radius 1 is 1.37 bits per heavy atom. The van der Waals surface area contributed by atoms with E-state index in [0.717, 1.165) is 42.4 Å². The molecule has 1 aliphatic carbocycles. The fourth-order valence-electron chi connectivity index (χ4n) is 2.61. The van der Waals surface area contributed by atoms with Crippen LogP contribution in [0.1, 0.15) is 44.1 Å². The van der Waals surface area contributed by atoms with Crippen molar-refractivity contribution in [1.29, 1.82) is 0 Å². The monoisotopic (exact) mass is 274 g/mol. The van der Waals surface area contributed by atoms with Crippen LogP contribution >= 0.6 is 11.3 Å². The second-order valence-corrected chi connectivity index (χ2v) is 5.68. The Kier molecular flexibility index (Phi) is 2.98. The number of carboxylic acid groups (broad SMARTS) is 1. The standard InChI is InChI=1S/C14H13NO3S/c16-8-9-4-3-7-15(9)13-12(14(17)18)10-5-1-2-6-11(10)19-13/h3-4,7-8H,1-2,5-6H2,(H,17,18)/p-1. The number of rotatable bonds is 3. The van der Waals surface area contributed by atoms with Crippen molar-refractivity contribution in [2.75, 3.05) is 0 Å². The lowest BCUT2D eigenvalue weighted by Crippen LogP contribution is -2.25. The number of aldehydes is 1. The maximum absolute atomic E-state index is 11.4. The van der Waals surface area contributed by atoms with Gasteiger partial charge in [-0.15, -0.1) is 11.3 Å². The van der Waals surface area contributed by atoms with E-state index in [1.807, 2.05) is 0 Å². The minimum absolute atomic E-state index is 0.263. The number of aromatic carboxylic acids is 1. The molecule has 2 aromatic rings. The van der Waals surface area contributed by atoms with Crippen molar-refractivity contribution in [1.82, 2.24) is 4.57 Å². The van der Waals surface area contributed by atoms with Crippen molar-refractivity contribution >= 4 is 23.6 Å². The summed E-state index contributed by atoms with van der Waals surface area (Å²) in [7, 11) is 0. The molecule has 0 bridgehead atoms. The molecule has 4 nitrogen and oxygen atoms in total. The number of carbonyl (C=O) groups excluding carboxylic acids is 2. The lowest BCUT2D eigenvalue weighted by atomic mass is 9.95. The molecule has 19 heavy (non-hydrogen) atoms. The van der Waals surface area contributed by atoms with Crippen LogP contribution in [0, 0.1) is 0 Å². The minimum atomic E-state index is -1.15. The summed E-state index contributed by atoms with van der Waals surface area (Å²) in [5.74, 6) is -1.15. The molecule has 0 radical (unpaired) electrons. The van der Waals surface area contributed by atoms with Gasteiger partial charge in [-0.1, -0.05) is 0 Å². The molecule has 0 aromatic carbocycles. The third kappa shape index (κ3) is 1.90. The zero-order valence-corrected chi connectivity index (χ0v) is 11.0. The number of aryl methyl sites for hydroxylation is 1. The Hall–Kier alpha value is -1.88. The third-order valence-electron chi connectivity index (χ3n) is 3.48. The minimum Gasteiger partial charge on any atom is -0.545 e. The Balaban J connectivity index is 2.23. The van der Waals surface area contributed by atoms with Gasteiger partial charge < -0.3 is 14.5 Å². The van der Waals surface area contributed by atoms with Crippen molar-refractivity contribution in [2.45, 2.75) is 25.7 Å². The molecule has 98 valence electrons. The van der Waals surface area contributed by atoms with Crippen LogP contribution in [0.15, 0.2) is 18.3 Å². The molecule has 2 aromatic heterocycles. The molecule has 2 heterocycles. The first-order valence-corrected chi connectivity index (χ1v) is 7.03. The van der Waals surface area contributed by atoms with E-state index in [1.54, 1.807) is 22.9 Å². The molecule has 0 aliphatic heterocycles. The lowest BCUT2D eigenvalue weighted by Gasteiger charge is -2.13. The first-order chi connectivity index (χ1) is 9.22. The SMILES string of the molecule is O=Cc1cccn1-c1sc2c(c1C(=O)[O-])CCCC2. The number of hydrogen-bond donors (Lipinski definition) is 0. The second kappa shape index (κ2) is 4.66. The molecule has 0 amide bonds. The molecular formula is C14H12NO3S-. The van der Waals surface area contributed by atoms with Crippen LogP contribution in [0.4, 0.5) is 0 Å². The molecule has 1 aliphatic rings. The number of nitrogens with zero attached hydrogens (tertiary/aromatic N) is 1. The summed E-state index contributed by atoms with van der Waals surface area (Å²) in [6.07, 6.45) is 6.25. The quantitative estimate of drug-likeness (QED) is 0.799. The van der Waals surface area contributed by atoms with Crippen LogP contribution in [0.25, 0.3) is 5.00 Å². The average Bonchev–Trinajstić information content (AvgIpc) is 3.01. The zero-order valence-electron chi connectivity index (χ0n) is 10.2. The van der Waals surface area contributed by atoms with Gasteiger partial charge in [0.15, 0.2) is 6.29 Å². The van der Waals surface area contributed by atoms with E-state index in [1.165, 1.54) is 11.3 Å². The van der Waals surface area contributed by atoms with Crippen LogP contribution in [-0.2, 0) is 12.8 Å². The smallest absolute Gasteiger partial charge is 0.166 e. The molecule has 0 spiro atoms. The van der Waals surface area contributed by atoms with Gasteiger partial charge in [0, 0.05) is 16.6 Å². The molecule has 3 rings (SSSR count). The molecule has 0 atom stereocenters. The first-order valence-electron chi connectivity index (χ1n) is 6.21. The van der Waals surface area contributed by atoms with Gasteiger partial charge in [0.25, 0.3) is 0 Å². The predicted molar refractivity (Wildman–Crippen MR) is 70.0 cm³/mol. The number of fused-ring (bicyclic) bond motifs is 1. The van der Waals surface area contributed by atoms with E-state index in [-0.39, 0.29) is 5.56 Å². The molecule has 5 heteroatoms. The van der Waals surface area contributed by atoms with Gasteiger partial charge in [-0.25, -0.2) is 0 Å². The predicted octanol–water partition coefficient (Wildman–Crippen LogP) is 1.59. The number of carbonyl (C=O) groups is 2. The van der Waals surface area contributed by atoms with Gasteiger partial charge in [-0.3, -0.25) is 4.79 Å². The van der Waals surface area contributed by atoms with Gasteiger partial charge in [0.05, 0.1) is 11.7 Å². The second-order valence-electron chi connectivity index (χ2n) is 4.60. The van der Waals surface area contributed by atoms with Crippen molar-refractivity contribution in [3.63, 3.8) is 0 Å². The fraction of sp³-hybridized carbons (Fsp3) is 0.286. The van der Waals surface area contributed by atoms with Crippen LogP contribution in [-0.4, -0.2) is 16.8 Å². The summed E-state index contributed by atoms with van der Waals surface area (Å²) < 4.78 is 1.64. The van der Waals surface area contributed by atoms with Gasteiger partial charge >= 0.3 is 0 Å². The van der Waals surface area contributed by atoms with E-state index in [2.05, 4.69) is 0 Å². The summed E-state index contributed by atoms with van der Waals surface area (Å²) in [6, 6.07) is 3.41. The Bertz CT molecular complexity index is 654. The Labute approximate surface area is 114 Å². The topological polar surface area (TPSA) is 62.1 Å². The first kappa shape index (κ1) is 12.2. The maximum atomic E-state index is 11.4. The van der Waals surface area contributed by atoms with Crippen molar-refractivity contribution in [3.8, 4) is 5.00 Å². The summed E-state index contributed by atoms with van der Waals surface area (Å²) in [5.41, 5.74) is 1.62. The van der Waals surface area contributed by atoms with E-state index < -0.39 is 5.97 Å². The van der Waals surface area contributed by atoms with E-state index in [4.69, 9.17) is 0 Å². The van der Waals surface area contributed by atoms with Crippen LogP contribution in [0.5, 0.6) is 0 Å².